The highest BCUT2D eigenvalue weighted by molar-refractivity contribution is 7.48. The molecular formula is C53H58NO12P. The number of Topliss-reactive ketones (excluding diaryl/α,β-unsaturated/α-hetero) is 1. The van der Waals surface area contributed by atoms with Crippen LogP contribution in [0.1, 0.15) is 82.5 Å². The summed E-state index contributed by atoms with van der Waals surface area (Å²) in [5.41, 5.74) is 4.90. The number of allylic oxidation sites excluding steroid dienone is 17. The van der Waals surface area contributed by atoms with E-state index in [0.29, 0.717) is 5.57 Å². The number of phosphoric ester groups is 1. The number of aliphatic hydroxyl groups excluding tert-OH is 1. The highest BCUT2D eigenvalue weighted by atomic mass is 31.2. The van der Waals surface area contributed by atoms with Crippen LogP contribution >= 0.6 is 7.82 Å². The molecule has 14 heteroatoms. The van der Waals surface area contributed by atoms with Crippen LogP contribution in [-0.2, 0) is 41.9 Å². The van der Waals surface area contributed by atoms with Crippen molar-refractivity contribution < 1.29 is 56.6 Å². The Kier molecular flexibility index (Phi) is 20.1. The fraction of sp³-hybridized carbons (Fsp3) is 0.302. The number of ether oxygens (including phenoxy) is 3. The molecule has 2 aliphatic rings. The summed E-state index contributed by atoms with van der Waals surface area (Å²) in [4.78, 5) is 56.4. The van der Waals surface area contributed by atoms with E-state index in [1.807, 2.05) is 95.4 Å². The van der Waals surface area contributed by atoms with Gasteiger partial charge >= 0.3 is 25.7 Å². The van der Waals surface area contributed by atoms with Crippen molar-refractivity contribution in [3.05, 3.63) is 201 Å². The average molecular weight is 932 g/mol. The van der Waals surface area contributed by atoms with Gasteiger partial charge in [-0.3, -0.25) is 18.4 Å². The van der Waals surface area contributed by atoms with Gasteiger partial charge in [0.15, 0.2) is 11.9 Å². The third-order valence-corrected chi connectivity index (χ3v) is 11.6. The van der Waals surface area contributed by atoms with Crippen molar-refractivity contribution in [2.45, 2.75) is 80.1 Å². The van der Waals surface area contributed by atoms with Gasteiger partial charge in [0.25, 0.3) is 5.76 Å². The van der Waals surface area contributed by atoms with Gasteiger partial charge in [0, 0.05) is 0 Å². The Morgan fingerprint density at radius 3 is 1.93 bits per heavy atom. The van der Waals surface area contributed by atoms with E-state index >= 15 is 0 Å². The molecule has 1 aliphatic heterocycles. The second-order valence-electron chi connectivity index (χ2n) is 16.6. The molecule has 4 rings (SSSR count). The van der Waals surface area contributed by atoms with Gasteiger partial charge in [0.2, 0.25) is 12.3 Å². The molecule has 4 atom stereocenters. The van der Waals surface area contributed by atoms with Crippen LogP contribution in [0.4, 0.5) is 0 Å². The lowest BCUT2D eigenvalue weighted by Crippen LogP contribution is -2.38. The second kappa shape index (κ2) is 25.4. The molecule has 2 aromatic rings. The standard InChI is InChI=1S/C53H58NO12P/c1-36(2)20-18-23-37(3)21-16-17-22-38(4)24-19-25-39(5)30-31-43-40(6)46(56)45(34-53(43,7)8)66-67(60,61-33-32-54-9)62-35-44(55)47-48(64-50(57)41-26-12-10-13-27-41)49(52(59)63-47)65-51(58)42-28-14-11-15-29-42/h10-31,44-45,47,55H,32-35H2,1-8H3/b17-16+,23-18+,24-19+,31-30+,37-21+,38-22+,39-25+/t44-,45?,47+,67?/m0/s1. The van der Waals surface area contributed by atoms with Crippen LogP contribution in [0.2, 0.25) is 0 Å². The van der Waals surface area contributed by atoms with Crippen molar-refractivity contribution in [1.29, 1.82) is 0 Å². The number of carbonyl (C=O) groups excluding carboxylic acids is 4. The SMILES string of the molecule is [C-]#[N+]CCOP(=O)(OC[C@H](O)[C@H]1OC(=O)C(OC(=O)c2ccccc2)=C1OC(=O)c1ccccc1)OC1CC(C)(C)C(/C=C/C(C)=C/C=C/C(C)=C/C=C/C=C(C)/C=C/C=C(C)C)=C(C)C1=O. The van der Waals surface area contributed by atoms with Gasteiger partial charge in [-0.25, -0.2) is 25.5 Å². The number of rotatable bonds is 21. The highest BCUT2D eigenvalue weighted by Gasteiger charge is 2.47. The van der Waals surface area contributed by atoms with Gasteiger partial charge in [0.05, 0.1) is 17.7 Å². The zero-order valence-corrected chi connectivity index (χ0v) is 40.0. The number of carbonyl (C=O) groups is 4. The molecule has 2 aromatic carbocycles. The van der Waals surface area contributed by atoms with E-state index in [1.54, 1.807) is 43.3 Å². The number of cyclic esters (lactones) is 1. The Hall–Kier alpha value is -6.52. The first-order chi connectivity index (χ1) is 31.8. The van der Waals surface area contributed by atoms with Crippen molar-refractivity contribution in [2.24, 2.45) is 5.41 Å². The molecule has 0 saturated heterocycles. The average Bonchev–Trinajstić information content (AvgIpc) is 3.59. The number of nitrogens with zero attached hydrogens (tertiary/aromatic N) is 1. The van der Waals surface area contributed by atoms with E-state index < -0.39 is 80.0 Å². The first kappa shape index (κ1) is 53.1. The third kappa shape index (κ3) is 16.4. The monoisotopic (exact) mass is 931 g/mol. The summed E-state index contributed by atoms with van der Waals surface area (Å²) >= 11 is 0. The first-order valence-corrected chi connectivity index (χ1v) is 23.0. The Balaban J connectivity index is 1.49. The Morgan fingerprint density at radius 2 is 1.36 bits per heavy atom. The maximum Gasteiger partial charge on any atom is 0.475 e. The molecule has 352 valence electrons. The molecule has 0 saturated carbocycles. The van der Waals surface area contributed by atoms with Crippen molar-refractivity contribution in [2.75, 3.05) is 19.8 Å². The number of hydrogen-bond acceptors (Lipinski definition) is 12. The zero-order chi connectivity index (χ0) is 49.1. The van der Waals surface area contributed by atoms with Crippen LogP contribution in [0.5, 0.6) is 0 Å². The molecule has 0 bridgehead atoms. The topological polar surface area (TPSA) is 165 Å². The van der Waals surface area contributed by atoms with Crippen molar-refractivity contribution >= 4 is 31.5 Å². The Morgan fingerprint density at radius 1 is 0.821 bits per heavy atom. The predicted octanol–water partition coefficient (Wildman–Crippen LogP) is 11.0. The summed E-state index contributed by atoms with van der Waals surface area (Å²) in [5.74, 6) is -5.11. The van der Waals surface area contributed by atoms with Gasteiger partial charge in [-0.1, -0.05) is 145 Å². The summed E-state index contributed by atoms with van der Waals surface area (Å²) in [5, 5.41) is 11.4. The fourth-order valence-corrected chi connectivity index (χ4v) is 7.91. The molecule has 67 heavy (non-hydrogen) atoms. The lowest BCUT2D eigenvalue weighted by atomic mass is 9.71. The quantitative estimate of drug-likeness (QED) is 0.0315. The smallest absolute Gasteiger partial charge is 0.445 e. The van der Waals surface area contributed by atoms with Gasteiger partial charge in [-0.05, 0) is 88.8 Å². The summed E-state index contributed by atoms with van der Waals surface area (Å²) in [6.07, 6.45) is 18.8. The Labute approximate surface area is 393 Å². The lowest BCUT2D eigenvalue weighted by Gasteiger charge is -2.37. The Bertz CT molecular complexity index is 2540. The predicted molar refractivity (Wildman–Crippen MR) is 256 cm³/mol. The number of esters is 3. The maximum absolute atomic E-state index is 14.2. The minimum atomic E-state index is -4.76. The van der Waals surface area contributed by atoms with Crippen molar-refractivity contribution in [3.8, 4) is 0 Å². The molecule has 1 heterocycles. The van der Waals surface area contributed by atoms with Gasteiger partial charge in [-0.15, -0.1) is 0 Å². The molecule has 0 amide bonds. The van der Waals surface area contributed by atoms with E-state index in [0.717, 1.165) is 22.3 Å². The number of hydrogen-bond donors (Lipinski definition) is 1. The van der Waals surface area contributed by atoms with Crippen LogP contribution in [-0.4, -0.2) is 66.9 Å². The summed E-state index contributed by atoms with van der Waals surface area (Å²) in [6.45, 7) is 21.1. The van der Waals surface area contributed by atoms with Crippen LogP contribution in [0.25, 0.3) is 4.85 Å². The summed E-state index contributed by atoms with van der Waals surface area (Å²) in [6, 6.07) is 15.4. The maximum atomic E-state index is 14.2. The van der Waals surface area contributed by atoms with Crippen LogP contribution in [0.3, 0.4) is 0 Å². The molecule has 2 unspecified atom stereocenters. The summed E-state index contributed by atoms with van der Waals surface area (Å²) in [7, 11) is -4.76. The summed E-state index contributed by atoms with van der Waals surface area (Å²) < 4.78 is 47.3. The van der Waals surface area contributed by atoms with E-state index in [4.69, 9.17) is 34.4 Å². The molecule has 0 radical (unpaired) electrons. The van der Waals surface area contributed by atoms with Crippen LogP contribution < -0.4 is 0 Å². The largest absolute Gasteiger partial charge is 0.475 e. The number of benzene rings is 2. The van der Waals surface area contributed by atoms with E-state index in [1.165, 1.54) is 29.8 Å². The highest BCUT2D eigenvalue weighted by Crippen LogP contribution is 2.54. The molecule has 0 spiro atoms. The second-order valence-corrected chi connectivity index (χ2v) is 18.2. The molecule has 0 aromatic heterocycles. The third-order valence-electron chi connectivity index (χ3n) is 10.1. The fourth-order valence-electron chi connectivity index (χ4n) is 6.59. The zero-order valence-electron chi connectivity index (χ0n) is 39.1. The number of phosphoric acid groups is 1. The van der Waals surface area contributed by atoms with E-state index in [9.17, 15) is 28.8 Å². The molecule has 0 fully saturated rings. The number of aliphatic hydroxyl groups is 1. The van der Waals surface area contributed by atoms with Crippen molar-refractivity contribution in [1.82, 2.24) is 0 Å². The van der Waals surface area contributed by atoms with E-state index in [-0.39, 0.29) is 24.1 Å². The molecular weight excluding hydrogens is 874 g/mol. The molecule has 13 nitrogen and oxygen atoms in total. The minimum Gasteiger partial charge on any atom is -0.445 e. The first-order valence-electron chi connectivity index (χ1n) is 21.5. The molecule has 1 N–H and O–H groups in total. The lowest BCUT2D eigenvalue weighted by molar-refractivity contribution is -0.148. The molecule has 1 aliphatic carbocycles. The minimum absolute atomic E-state index is 0.0598. The number of ketones is 1. The van der Waals surface area contributed by atoms with Gasteiger partial charge in [0.1, 0.15) is 18.8 Å². The van der Waals surface area contributed by atoms with Crippen LogP contribution in [0, 0.1) is 12.0 Å². The van der Waals surface area contributed by atoms with Gasteiger partial charge < -0.3 is 24.2 Å². The van der Waals surface area contributed by atoms with Crippen LogP contribution in [0.15, 0.2) is 179 Å². The normalized spacial score (nSPS) is 19.6. The van der Waals surface area contributed by atoms with E-state index in [2.05, 4.69) is 30.8 Å². The van der Waals surface area contributed by atoms with Crippen molar-refractivity contribution in [3.63, 3.8) is 0 Å². The van der Waals surface area contributed by atoms with Gasteiger partial charge in [-0.2, -0.15) is 0 Å².